The lowest BCUT2D eigenvalue weighted by Gasteiger charge is -2.19. The summed E-state index contributed by atoms with van der Waals surface area (Å²) in [5.74, 6) is -0.156. The Bertz CT molecular complexity index is 197. The molecule has 1 heterocycles. The third-order valence-electron chi connectivity index (χ3n) is 2.12. The molecule has 2 atom stereocenters. The van der Waals surface area contributed by atoms with Crippen molar-refractivity contribution in [2.75, 3.05) is 13.1 Å². The number of nitrogens with two attached hydrogens (primary N) is 1. The summed E-state index contributed by atoms with van der Waals surface area (Å²) in [6.45, 7) is 3.82. The molecule has 0 aromatic carbocycles. The first-order valence-corrected chi connectivity index (χ1v) is 4.16. The zero-order chi connectivity index (χ0) is 9.35. The molecule has 2 N–H and O–H groups in total. The number of likely N-dealkylation sites (tertiary alicyclic amines) is 1. The van der Waals surface area contributed by atoms with Gasteiger partial charge in [0.2, 0.25) is 5.91 Å². The normalized spacial score (nSPS) is 29.7. The van der Waals surface area contributed by atoms with Crippen molar-refractivity contribution in [1.82, 2.24) is 4.90 Å². The first-order valence-electron chi connectivity index (χ1n) is 4.16. The van der Waals surface area contributed by atoms with Crippen LogP contribution in [-0.4, -0.2) is 35.6 Å². The van der Waals surface area contributed by atoms with E-state index in [1.165, 1.54) is 11.8 Å². The Hall–Kier alpha value is -0.350. The number of hydrogen-bond donors (Lipinski definition) is 1. The molecule has 1 amide bonds. The van der Waals surface area contributed by atoms with Crippen molar-refractivity contribution in [1.29, 1.82) is 0 Å². The number of rotatable bonds is 1. The third-order valence-corrected chi connectivity index (χ3v) is 2.12. The van der Waals surface area contributed by atoms with Gasteiger partial charge in [0.1, 0.15) is 5.67 Å². The second-order valence-corrected chi connectivity index (χ2v) is 3.71. The van der Waals surface area contributed by atoms with Gasteiger partial charge in [-0.2, -0.15) is 0 Å². The third kappa shape index (κ3) is 3.12. The summed E-state index contributed by atoms with van der Waals surface area (Å²) in [6.07, 6.45) is 0.422. The Morgan fingerprint density at radius 2 is 2.23 bits per heavy atom. The Balaban J connectivity index is 0.00000144. The van der Waals surface area contributed by atoms with Crippen molar-refractivity contribution in [3.05, 3.63) is 0 Å². The molecule has 0 bridgehead atoms. The molecule has 0 spiro atoms. The highest BCUT2D eigenvalue weighted by Gasteiger charge is 2.36. The van der Waals surface area contributed by atoms with Gasteiger partial charge in [-0.25, -0.2) is 4.39 Å². The molecule has 1 aliphatic heterocycles. The van der Waals surface area contributed by atoms with Gasteiger partial charge in [0.25, 0.3) is 0 Å². The fourth-order valence-electron chi connectivity index (χ4n) is 1.40. The van der Waals surface area contributed by atoms with Crippen LogP contribution in [0.4, 0.5) is 4.39 Å². The highest BCUT2D eigenvalue weighted by Crippen LogP contribution is 2.24. The lowest BCUT2D eigenvalue weighted by molar-refractivity contribution is -0.131. The van der Waals surface area contributed by atoms with Gasteiger partial charge in [0.15, 0.2) is 0 Å². The maximum atomic E-state index is 13.3. The van der Waals surface area contributed by atoms with Gasteiger partial charge in [0, 0.05) is 13.0 Å². The smallest absolute Gasteiger partial charge is 0.239 e. The minimum Gasteiger partial charge on any atom is -0.338 e. The standard InChI is InChI=1S/C8H15FN2O.ClH/c1-6(10)7(12)11-4-3-8(2,9)5-11;/h6H,3-5,10H2,1-2H3;1H/t6-,8+;/m1./s1. The molecular formula is C8H16ClFN2O. The fraction of sp³-hybridized carbons (Fsp3) is 0.875. The van der Waals surface area contributed by atoms with Crippen molar-refractivity contribution >= 4 is 18.3 Å². The van der Waals surface area contributed by atoms with Crippen LogP contribution in [-0.2, 0) is 4.79 Å². The summed E-state index contributed by atoms with van der Waals surface area (Å²) in [4.78, 5) is 12.8. The maximum absolute atomic E-state index is 13.3. The van der Waals surface area contributed by atoms with Gasteiger partial charge in [-0.15, -0.1) is 12.4 Å². The summed E-state index contributed by atoms with van der Waals surface area (Å²) < 4.78 is 13.3. The van der Waals surface area contributed by atoms with Gasteiger partial charge in [-0.05, 0) is 13.8 Å². The summed E-state index contributed by atoms with van der Waals surface area (Å²) >= 11 is 0. The monoisotopic (exact) mass is 210 g/mol. The van der Waals surface area contributed by atoms with Crippen LogP contribution >= 0.6 is 12.4 Å². The van der Waals surface area contributed by atoms with E-state index in [2.05, 4.69) is 0 Å². The Labute approximate surface area is 83.9 Å². The number of carbonyl (C=O) groups excluding carboxylic acids is 1. The number of carbonyl (C=O) groups is 1. The van der Waals surface area contributed by atoms with Crippen molar-refractivity contribution < 1.29 is 9.18 Å². The van der Waals surface area contributed by atoms with Crippen LogP contribution in [0.1, 0.15) is 20.3 Å². The number of halogens is 2. The van der Waals surface area contributed by atoms with Crippen molar-refractivity contribution in [2.45, 2.75) is 32.0 Å². The van der Waals surface area contributed by atoms with Crippen LogP contribution in [0.2, 0.25) is 0 Å². The van der Waals surface area contributed by atoms with Crippen LogP contribution in [0.25, 0.3) is 0 Å². The SMILES string of the molecule is C[C@@H](N)C(=O)N1CC[C@](C)(F)C1.Cl. The van der Waals surface area contributed by atoms with Crippen LogP contribution < -0.4 is 5.73 Å². The minimum absolute atomic E-state index is 0. The van der Waals surface area contributed by atoms with E-state index >= 15 is 0 Å². The van der Waals surface area contributed by atoms with Gasteiger partial charge >= 0.3 is 0 Å². The molecule has 3 nitrogen and oxygen atoms in total. The average Bonchev–Trinajstić information content (AvgIpc) is 2.28. The predicted octanol–water partition coefficient (Wildman–Crippen LogP) is 0.716. The van der Waals surface area contributed by atoms with Crippen LogP contribution in [0.3, 0.4) is 0 Å². The second kappa shape index (κ2) is 4.24. The van der Waals surface area contributed by atoms with E-state index < -0.39 is 11.7 Å². The highest BCUT2D eigenvalue weighted by atomic mass is 35.5. The zero-order valence-electron chi connectivity index (χ0n) is 7.92. The van der Waals surface area contributed by atoms with Crippen molar-refractivity contribution in [2.24, 2.45) is 5.73 Å². The molecule has 0 saturated carbocycles. The Morgan fingerprint density at radius 3 is 2.54 bits per heavy atom. The molecule has 1 rings (SSSR count). The summed E-state index contributed by atoms with van der Waals surface area (Å²) in [5, 5.41) is 0. The molecule has 13 heavy (non-hydrogen) atoms. The summed E-state index contributed by atoms with van der Waals surface area (Å²) in [6, 6.07) is -0.515. The van der Waals surface area contributed by atoms with E-state index in [0.717, 1.165) is 0 Å². The minimum atomic E-state index is -1.22. The molecule has 1 fully saturated rings. The highest BCUT2D eigenvalue weighted by molar-refractivity contribution is 5.85. The van der Waals surface area contributed by atoms with E-state index in [0.29, 0.717) is 13.0 Å². The number of alkyl halides is 1. The maximum Gasteiger partial charge on any atom is 0.239 e. The van der Waals surface area contributed by atoms with E-state index in [4.69, 9.17) is 5.73 Å². The van der Waals surface area contributed by atoms with E-state index in [1.54, 1.807) is 6.92 Å². The Kier molecular flexibility index (Phi) is 4.13. The van der Waals surface area contributed by atoms with E-state index in [9.17, 15) is 9.18 Å². The topological polar surface area (TPSA) is 46.3 Å². The molecule has 0 aromatic heterocycles. The molecule has 1 aliphatic rings. The Morgan fingerprint density at radius 1 is 1.69 bits per heavy atom. The van der Waals surface area contributed by atoms with Crippen LogP contribution in [0.15, 0.2) is 0 Å². The zero-order valence-corrected chi connectivity index (χ0v) is 8.73. The lowest BCUT2D eigenvalue weighted by Crippen LogP contribution is -2.41. The molecule has 1 saturated heterocycles. The van der Waals surface area contributed by atoms with Crippen molar-refractivity contribution in [3.8, 4) is 0 Å². The second-order valence-electron chi connectivity index (χ2n) is 3.71. The largest absolute Gasteiger partial charge is 0.338 e. The van der Waals surface area contributed by atoms with Gasteiger partial charge < -0.3 is 10.6 Å². The first kappa shape index (κ1) is 12.7. The molecule has 0 unspecified atom stereocenters. The fourth-order valence-corrected chi connectivity index (χ4v) is 1.40. The molecular weight excluding hydrogens is 195 g/mol. The van der Waals surface area contributed by atoms with E-state index in [1.807, 2.05) is 0 Å². The molecule has 0 aromatic rings. The molecule has 0 aliphatic carbocycles. The number of nitrogens with zero attached hydrogens (tertiary/aromatic N) is 1. The predicted molar refractivity (Wildman–Crippen MR) is 51.6 cm³/mol. The molecule has 78 valence electrons. The number of hydrogen-bond acceptors (Lipinski definition) is 2. The van der Waals surface area contributed by atoms with Gasteiger partial charge in [-0.3, -0.25) is 4.79 Å². The quantitative estimate of drug-likeness (QED) is 0.693. The van der Waals surface area contributed by atoms with Crippen LogP contribution in [0, 0.1) is 0 Å². The number of amides is 1. The van der Waals surface area contributed by atoms with Crippen molar-refractivity contribution in [3.63, 3.8) is 0 Å². The lowest BCUT2D eigenvalue weighted by atomic mass is 10.1. The van der Waals surface area contributed by atoms with Gasteiger partial charge in [0.05, 0.1) is 12.6 Å². The summed E-state index contributed by atoms with van der Waals surface area (Å²) in [7, 11) is 0. The molecule has 5 heteroatoms. The van der Waals surface area contributed by atoms with Gasteiger partial charge in [-0.1, -0.05) is 0 Å². The van der Waals surface area contributed by atoms with E-state index in [-0.39, 0.29) is 24.9 Å². The summed E-state index contributed by atoms with van der Waals surface area (Å²) in [5.41, 5.74) is 4.17. The van der Waals surface area contributed by atoms with Crippen LogP contribution in [0.5, 0.6) is 0 Å². The first-order chi connectivity index (χ1) is 5.42. The average molecular weight is 211 g/mol. The molecule has 0 radical (unpaired) electrons.